The van der Waals surface area contributed by atoms with Crippen molar-refractivity contribution in [3.05, 3.63) is 35.5 Å². The summed E-state index contributed by atoms with van der Waals surface area (Å²) in [4.78, 5) is 27.5. The lowest BCUT2D eigenvalue weighted by atomic mass is 9.82. The molecule has 10 heteroatoms. The Kier molecular flexibility index (Phi) is 5.10. The molecule has 4 rings (SSSR count). The highest BCUT2D eigenvalue weighted by Gasteiger charge is 2.42. The number of anilines is 1. The fourth-order valence-corrected chi connectivity index (χ4v) is 3.86. The van der Waals surface area contributed by atoms with Crippen molar-refractivity contribution in [2.75, 3.05) is 12.4 Å². The highest BCUT2D eigenvalue weighted by Crippen LogP contribution is 2.32. The van der Waals surface area contributed by atoms with E-state index in [9.17, 15) is 14.3 Å². The number of esters is 1. The van der Waals surface area contributed by atoms with Gasteiger partial charge in [-0.2, -0.15) is 0 Å². The summed E-state index contributed by atoms with van der Waals surface area (Å²) in [5.41, 5.74) is -0.342. The van der Waals surface area contributed by atoms with Gasteiger partial charge < -0.3 is 20.1 Å². The minimum Gasteiger partial charge on any atom is -0.467 e. The normalized spacial score (nSPS) is 21.9. The monoisotopic (exact) mass is 419 g/mol. The molecule has 152 valence electrons. The van der Waals surface area contributed by atoms with Gasteiger partial charge in [-0.3, -0.25) is 0 Å². The number of pyridine rings is 1. The van der Waals surface area contributed by atoms with Crippen molar-refractivity contribution in [3.8, 4) is 11.4 Å². The fourth-order valence-electron chi connectivity index (χ4n) is 3.71. The molecule has 29 heavy (non-hydrogen) atoms. The van der Waals surface area contributed by atoms with Crippen LogP contribution in [0.5, 0.6) is 0 Å². The zero-order valence-electron chi connectivity index (χ0n) is 15.6. The van der Waals surface area contributed by atoms with Crippen molar-refractivity contribution >= 4 is 34.4 Å². The topological polar surface area (TPSA) is 113 Å². The molecule has 1 aliphatic rings. The fraction of sp³-hybridized carbons (Fsp3) is 0.368. The number of hydrogen-bond acceptors (Lipinski definition) is 7. The van der Waals surface area contributed by atoms with Crippen LogP contribution in [0, 0.1) is 5.82 Å². The molecule has 0 amide bonds. The van der Waals surface area contributed by atoms with E-state index in [1.807, 2.05) is 0 Å². The van der Waals surface area contributed by atoms with Gasteiger partial charge in [0, 0.05) is 35.8 Å². The second kappa shape index (κ2) is 7.57. The summed E-state index contributed by atoms with van der Waals surface area (Å²) in [7, 11) is 1.23. The summed E-state index contributed by atoms with van der Waals surface area (Å²) < 4.78 is 19.1. The molecule has 0 saturated heterocycles. The number of nitrogens with one attached hydrogen (secondary N) is 2. The summed E-state index contributed by atoms with van der Waals surface area (Å²) in [5, 5.41) is 14.7. The number of methoxy groups -OCH3 is 1. The standard InChI is InChI=1S/C19H19ClFN5O3/c1-29-18(27)19(28)4-2-3-11(6-19)25-17-14(21)9-24-16(26-17)13-8-23-15-12(13)5-10(20)7-22-15/h5,7-9,11,28H,2-4,6H2,1H3,(H,22,23)(H,24,25,26)/t11-,19-/m0/s1. The summed E-state index contributed by atoms with van der Waals surface area (Å²) in [5.74, 6) is -1.02. The first-order valence-corrected chi connectivity index (χ1v) is 9.50. The average molecular weight is 420 g/mol. The van der Waals surface area contributed by atoms with E-state index >= 15 is 0 Å². The number of fused-ring (bicyclic) bond motifs is 1. The molecule has 1 aliphatic carbocycles. The SMILES string of the molecule is COC(=O)[C@]1(O)CCC[C@H](Nc2nc(-c3c[nH]c4ncc(Cl)cc34)ncc2F)C1. The Morgan fingerprint density at radius 1 is 1.45 bits per heavy atom. The third-order valence-electron chi connectivity index (χ3n) is 5.12. The molecule has 0 bridgehead atoms. The number of ether oxygens (including phenoxy) is 1. The van der Waals surface area contributed by atoms with E-state index in [2.05, 4.69) is 25.3 Å². The quantitative estimate of drug-likeness (QED) is 0.557. The maximum absolute atomic E-state index is 14.4. The van der Waals surface area contributed by atoms with Crippen LogP contribution in [-0.4, -0.2) is 49.8 Å². The first kappa shape index (κ1) is 19.5. The van der Waals surface area contributed by atoms with Gasteiger partial charge in [0.05, 0.1) is 18.3 Å². The molecule has 3 aromatic rings. The zero-order valence-corrected chi connectivity index (χ0v) is 16.3. The van der Waals surface area contributed by atoms with Crippen LogP contribution in [0.25, 0.3) is 22.4 Å². The van der Waals surface area contributed by atoms with Crippen LogP contribution in [-0.2, 0) is 9.53 Å². The highest BCUT2D eigenvalue weighted by atomic mass is 35.5. The van der Waals surface area contributed by atoms with Gasteiger partial charge in [0.1, 0.15) is 5.65 Å². The van der Waals surface area contributed by atoms with Crippen LogP contribution in [0.4, 0.5) is 10.2 Å². The maximum Gasteiger partial charge on any atom is 0.337 e. The number of halogens is 2. The minimum atomic E-state index is -1.59. The third-order valence-corrected chi connectivity index (χ3v) is 5.32. The minimum absolute atomic E-state index is 0.00143. The van der Waals surface area contributed by atoms with Gasteiger partial charge in [-0.25, -0.2) is 24.1 Å². The lowest BCUT2D eigenvalue weighted by molar-refractivity contribution is -0.166. The Bertz CT molecular complexity index is 1080. The number of nitrogens with zero attached hydrogens (tertiary/aromatic N) is 3. The number of aliphatic hydroxyl groups is 1. The van der Waals surface area contributed by atoms with Crippen molar-refractivity contribution < 1.29 is 19.0 Å². The van der Waals surface area contributed by atoms with Crippen LogP contribution in [0.3, 0.4) is 0 Å². The number of aromatic amines is 1. The molecule has 2 atom stereocenters. The van der Waals surface area contributed by atoms with E-state index in [-0.39, 0.29) is 18.3 Å². The Morgan fingerprint density at radius 3 is 3.07 bits per heavy atom. The first-order valence-electron chi connectivity index (χ1n) is 9.12. The second-order valence-corrected chi connectivity index (χ2v) is 7.54. The number of rotatable bonds is 4. The van der Waals surface area contributed by atoms with Crippen LogP contribution in [0.15, 0.2) is 24.7 Å². The average Bonchev–Trinajstić information content (AvgIpc) is 3.12. The van der Waals surface area contributed by atoms with Gasteiger partial charge in [0.25, 0.3) is 0 Å². The molecule has 1 saturated carbocycles. The second-order valence-electron chi connectivity index (χ2n) is 7.10. The van der Waals surface area contributed by atoms with Gasteiger partial charge >= 0.3 is 5.97 Å². The smallest absolute Gasteiger partial charge is 0.337 e. The van der Waals surface area contributed by atoms with Gasteiger partial charge in [0.15, 0.2) is 23.1 Å². The van der Waals surface area contributed by atoms with E-state index in [1.54, 1.807) is 12.3 Å². The molecule has 0 spiro atoms. The third kappa shape index (κ3) is 3.75. The largest absolute Gasteiger partial charge is 0.467 e. The molecular formula is C19H19ClFN5O3. The Labute approximate surface area is 170 Å². The molecule has 3 heterocycles. The number of aromatic nitrogens is 4. The molecule has 0 aliphatic heterocycles. The predicted molar refractivity (Wildman–Crippen MR) is 105 cm³/mol. The van der Waals surface area contributed by atoms with Gasteiger partial charge in [-0.15, -0.1) is 0 Å². The Morgan fingerprint density at radius 2 is 2.28 bits per heavy atom. The predicted octanol–water partition coefficient (Wildman–Crippen LogP) is 3.07. The van der Waals surface area contributed by atoms with Gasteiger partial charge in [-0.1, -0.05) is 11.6 Å². The molecule has 1 fully saturated rings. The number of hydrogen-bond donors (Lipinski definition) is 3. The van der Waals surface area contributed by atoms with E-state index in [1.165, 1.54) is 13.3 Å². The first-order chi connectivity index (χ1) is 13.9. The van der Waals surface area contributed by atoms with E-state index < -0.39 is 17.4 Å². The lowest BCUT2D eigenvalue weighted by Crippen LogP contribution is -2.47. The van der Waals surface area contributed by atoms with Gasteiger partial charge in [-0.05, 0) is 25.3 Å². The van der Waals surface area contributed by atoms with Crippen molar-refractivity contribution in [2.24, 2.45) is 0 Å². The number of H-pyrrole nitrogens is 1. The Balaban J connectivity index is 1.62. The van der Waals surface area contributed by atoms with Gasteiger partial charge in [0.2, 0.25) is 0 Å². The van der Waals surface area contributed by atoms with Crippen molar-refractivity contribution in [2.45, 2.75) is 37.3 Å². The van der Waals surface area contributed by atoms with E-state index in [4.69, 9.17) is 16.3 Å². The zero-order chi connectivity index (χ0) is 20.6. The molecular weight excluding hydrogens is 401 g/mol. The van der Waals surface area contributed by atoms with Crippen molar-refractivity contribution in [1.82, 2.24) is 19.9 Å². The summed E-state index contributed by atoms with van der Waals surface area (Å²) in [6.45, 7) is 0. The number of carbonyl (C=O) groups is 1. The van der Waals surface area contributed by atoms with Crippen LogP contribution >= 0.6 is 11.6 Å². The highest BCUT2D eigenvalue weighted by molar-refractivity contribution is 6.31. The van der Waals surface area contributed by atoms with Crippen molar-refractivity contribution in [3.63, 3.8) is 0 Å². The Hall–Kier alpha value is -2.78. The molecule has 0 aromatic carbocycles. The molecule has 3 N–H and O–H groups in total. The van der Waals surface area contributed by atoms with E-state index in [0.717, 1.165) is 6.20 Å². The van der Waals surface area contributed by atoms with E-state index in [0.29, 0.717) is 46.7 Å². The summed E-state index contributed by atoms with van der Waals surface area (Å²) >= 11 is 6.03. The molecule has 3 aromatic heterocycles. The van der Waals surface area contributed by atoms with Crippen LogP contribution in [0.2, 0.25) is 5.02 Å². The molecule has 0 radical (unpaired) electrons. The maximum atomic E-state index is 14.4. The van der Waals surface area contributed by atoms with Crippen LogP contribution in [0.1, 0.15) is 25.7 Å². The summed E-state index contributed by atoms with van der Waals surface area (Å²) in [6, 6.07) is 1.39. The summed E-state index contributed by atoms with van der Waals surface area (Å²) in [6.07, 6.45) is 5.94. The molecule has 8 nitrogen and oxygen atoms in total. The lowest BCUT2D eigenvalue weighted by Gasteiger charge is -2.35. The number of carbonyl (C=O) groups excluding carboxylic acids is 1. The van der Waals surface area contributed by atoms with Crippen molar-refractivity contribution in [1.29, 1.82) is 0 Å². The van der Waals surface area contributed by atoms with Crippen LogP contribution < -0.4 is 5.32 Å². The molecule has 0 unspecified atom stereocenters.